The van der Waals surface area contributed by atoms with Gasteiger partial charge in [-0.15, -0.1) is 0 Å². The number of rotatable bonds is 6. The number of nitrogens with zero attached hydrogens (tertiary/aromatic N) is 1. The highest BCUT2D eigenvalue weighted by Crippen LogP contribution is 2.12. The third-order valence-corrected chi connectivity index (χ3v) is 3.91. The molecule has 1 aromatic carbocycles. The number of likely N-dealkylation sites (tertiary alicyclic amines) is 1. The summed E-state index contributed by atoms with van der Waals surface area (Å²) in [7, 11) is 0. The van der Waals surface area contributed by atoms with Gasteiger partial charge in [0.1, 0.15) is 0 Å². The maximum absolute atomic E-state index is 12.1. The van der Waals surface area contributed by atoms with Crippen LogP contribution in [0.15, 0.2) is 30.3 Å². The first kappa shape index (κ1) is 15.2. The Morgan fingerprint density at radius 1 is 1.25 bits per heavy atom. The van der Waals surface area contributed by atoms with Gasteiger partial charge in [-0.3, -0.25) is 4.79 Å². The molecule has 0 saturated carbocycles. The Bertz CT molecular complexity index is 408. The van der Waals surface area contributed by atoms with Crippen LogP contribution >= 0.6 is 0 Å². The number of benzene rings is 1. The third-order valence-electron chi connectivity index (χ3n) is 3.91. The van der Waals surface area contributed by atoms with Gasteiger partial charge < -0.3 is 10.2 Å². The van der Waals surface area contributed by atoms with E-state index in [4.69, 9.17) is 0 Å². The van der Waals surface area contributed by atoms with Crippen LogP contribution in [0, 0.1) is 0 Å². The van der Waals surface area contributed by atoms with Gasteiger partial charge >= 0.3 is 0 Å². The number of ketones is 1. The zero-order valence-electron chi connectivity index (χ0n) is 12.6. The number of carbonyl (C=O) groups excluding carboxylic acids is 1. The molecule has 1 heterocycles. The predicted molar refractivity (Wildman–Crippen MR) is 83.1 cm³/mol. The molecule has 1 N–H and O–H groups in total. The minimum atomic E-state index is 0.257. The molecule has 1 aliphatic rings. The van der Waals surface area contributed by atoms with Gasteiger partial charge in [0.25, 0.3) is 0 Å². The number of hydrogen-bond acceptors (Lipinski definition) is 3. The summed E-state index contributed by atoms with van der Waals surface area (Å²) in [4.78, 5) is 14.5. The van der Waals surface area contributed by atoms with Crippen LogP contribution in [-0.2, 0) is 0 Å². The predicted octanol–water partition coefficient (Wildman–Crippen LogP) is 2.72. The summed E-state index contributed by atoms with van der Waals surface area (Å²) in [5, 5.41) is 3.60. The highest BCUT2D eigenvalue weighted by Gasteiger charge is 2.19. The van der Waals surface area contributed by atoms with Gasteiger partial charge in [-0.2, -0.15) is 0 Å². The summed E-state index contributed by atoms with van der Waals surface area (Å²) in [6.07, 6.45) is 3.02. The fraction of sp³-hybridized carbons (Fsp3) is 0.588. The monoisotopic (exact) mass is 274 g/mol. The highest BCUT2D eigenvalue weighted by molar-refractivity contribution is 5.96. The van der Waals surface area contributed by atoms with Crippen LogP contribution in [0.25, 0.3) is 0 Å². The summed E-state index contributed by atoms with van der Waals surface area (Å²) < 4.78 is 0. The highest BCUT2D eigenvalue weighted by atomic mass is 16.1. The maximum Gasteiger partial charge on any atom is 0.164 e. The van der Waals surface area contributed by atoms with E-state index in [9.17, 15) is 4.79 Å². The van der Waals surface area contributed by atoms with Gasteiger partial charge in [-0.1, -0.05) is 44.2 Å². The Morgan fingerprint density at radius 3 is 2.50 bits per heavy atom. The minimum absolute atomic E-state index is 0.257. The first-order chi connectivity index (χ1) is 9.65. The molecule has 0 bridgehead atoms. The molecule has 2 rings (SSSR count). The van der Waals surface area contributed by atoms with Crippen molar-refractivity contribution in [2.45, 2.75) is 45.2 Å². The Morgan fingerprint density at radius 2 is 1.90 bits per heavy atom. The van der Waals surface area contributed by atoms with Gasteiger partial charge in [0.15, 0.2) is 5.78 Å². The lowest BCUT2D eigenvalue weighted by atomic mass is 10.0. The van der Waals surface area contributed by atoms with Crippen molar-refractivity contribution in [3.63, 3.8) is 0 Å². The van der Waals surface area contributed by atoms with Crippen molar-refractivity contribution in [2.24, 2.45) is 0 Å². The van der Waals surface area contributed by atoms with Crippen molar-refractivity contribution in [1.29, 1.82) is 0 Å². The smallest absolute Gasteiger partial charge is 0.164 e. The fourth-order valence-corrected chi connectivity index (χ4v) is 2.82. The van der Waals surface area contributed by atoms with Crippen LogP contribution in [-0.4, -0.2) is 42.4 Å². The van der Waals surface area contributed by atoms with Gasteiger partial charge in [0.05, 0.1) is 0 Å². The third kappa shape index (κ3) is 4.73. The molecule has 0 aromatic heterocycles. The Balaban J connectivity index is 1.70. The molecule has 0 amide bonds. The van der Waals surface area contributed by atoms with Crippen molar-refractivity contribution in [1.82, 2.24) is 10.2 Å². The molecule has 0 unspecified atom stereocenters. The summed E-state index contributed by atoms with van der Waals surface area (Å²) in [6, 6.07) is 10.8. The second-order valence-electron chi connectivity index (χ2n) is 5.98. The molecule has 3 nitrogen and oxygen atoms in total. The summed E-state index contributed by atoms with van der Waals surface area (Å²) in [5.74, 6) is 0.257. The maximum atomic E-state index is 12.1. The summed E-state index contributed by atoms with van der Waals surface area (Å²) >= 11 is 0. The number of Topliss-reactive ketones (excluding diaryl/α,β-unsaturated/α-hetero) is 1. The van der Waals surface area contributed by atoms with Gasteiger partial charge in [-0.05, 0) is 25.9 Å². The van der Waals surface area contributed by atoms with E-state index in [1.165, 1.54) is 12.8 Å². The van der Waals surface area contributed by atoms with Gasteiger partial charge in [0.2, 0.25) is 0 Å². The molecular formula is C17H26N2O. The van der Waals surface area contributed by atoms with E-state index in [0.29, 0.717) is 18.5 Å². The van der Waals surface area contributed by atoms with Crippen LogP contribution < -0.4 is 5.32 Å². The minimum Gasteiger partial charge on any atom is -0.312 e. The Hall–Kier alpha value is -1.19. The van der Waals surface area contributed by atoms with Crippen molar-refractivity contribution in [2.75, 3.05) is 19.6 Å². The largest absolute Gasteiger partial charge is 0.312 e. The van der Waals surface area contributed by atoms with Gasteiger partial charge in [-0.25, -0.2) is 0 Å². The second kappa shape index (κ2) is 7.55. The molecule has 0 atom stereocenters. The average Bonchev–Trinajstić information content (AvgIpc) is 2.46. The van der Waals surface area contributed by atoms with E-state index in [1.54, 1.807) is 0 Å². The lowest BCUT2D eigenvalue weighted by Gasteiger charge is -2.33. The molecule has 0 spiro atoms. The normalized spacial score (nSPS) is 17.6. The zero-order valence-corrected chi connectivity index (χ0v) is 12.6. The molecule has 20 heavy (non-hydrogen) atoms. The van der Waals surface area contributed by atoms with E-state index in [-0.39, 0.29) is 5.78 Å². The molecule has 1 aromatic rings. The quantitative estimate of drug-likeness (QED) is 0.810. The van der Waals surface area contributed by atoms with Crippen LogP contribution in [0.3, 0.4) is 0 Å². The fourth-order valence-electron chi connectivity index (χ4n) is 2.82. The molecule has 3 heteroatoms. The Labute approximate surface area is 122 Å². The number of hydrogen-bond donors (Lipinski definition) is 1. The lowest BCUT2D eigenvalue weighted by Crippen LogP contribution is -2.45. The van der Waals surface area contributed by atoms with Crippen molar-refractivity contribution >= 4 is 5.78 Å². The number of piperidine rings is 1. The van der Waals surface area contributed by atoms with E-state index >= 15 is 0 Å². The SMILES string of the molecule is CC(C)NC1CCN(CCC(=O)c2ccccc2)CC1. The van der Waals surface area contributed by atoms with Crippen molar-refractivity contribution in [3.05, 3.63) is 35.9 Å². The van der Waals surface area contributed by atoms with E-state index in [1.807, 2.05) is 30.3 Å². The standard InChI is InChI=1S/C17H26N2O/c1-14(2)18-16-8-11-19(12-9-16)13-10-17(20)15-6-4-3-5-7-15/h3-7,14,16,18H,8-13H2,1-2H3. The van der Waals surface area contributed by atoms with E-state index in [2.05, 4.69) is 24.1 Å². The first-order valence-corrected chi connectivity index (χ1v) is 7.72. The molecule has 0 aliphatic carbocycles. The van der Waals surface area contributed by atoms with Crippen molar-refractivity contribution in [3.8, 4) is 0 Å². The van der Waals surface area contributed by atoms with Crippen LogP contribution in [0.5, 0.6) is 0 Å². The van der Waals surface area contributed by atoms with Crippen molar-refractivity contribution < 1.29 is 4.79 Å². The summed E-state index contributed by atoms with van der Waals surface area (Å²) in [6.45, 7) is 7.50. The van der Waals surface area contributed by atoms with E-state index < -0.39 is 0 Å². The molecule has 0 radical (unpaired) electrons. The topological polar surface area (TPSA) is 32.3 Å². The lowest BCUT2D eigenvalue weighted by molar-refractivity contribution is 0.0954. The second-order valence-corrected chi connectivity index (χ2v) is 5.98. The molecule has 1 saturated heterocycles. The van der Waals surface area contributed by atoms with Gasteiger partial charge in [0, 0.05) is 30.6 Å². The van der Waals surface area contributed by atoms with Crippen LogP contribution in [0.4, 0.5) is 0 Å². The first-order valence-electron chi connectivity index (χ1n) is 7.72. The van der Waals surface area contributed by atoms with Crippen LogP contribution in [0.2, 0.25) is 0 Å². The molecule has 1 fully saturated rings. The van der Waals surface area contributed by atoms with E-state index in [0.717, 1.165) is 25.2 Å². The average molecular weight is 274 g/mol. The number of carbonyl (C=O) groups is 1. The molecular weight excluding hydrogens is 248 g/mol. The Kier molecular flexibility index (Phi) is 5.74. The zero-order chi connectivity index (χ0) is 14.4. The molecule has 110 valence electrons. The van der Waals surface area contributed by atoms with Crippen LogP contribution in [0.1, 0.15) is 43.5 Å². The summed E-state index contributed by atoms with van der Waals surface area (Å²) in [5.41, 5.74) is 0.837. The molecule has 1 aliphatic heterocycles. The number of nitrogens with one attached hydrogen (secondary N) is 1.